The van der Waals surface area contributed by atoms with Gasteiger partial charge in [-0.2, -0.15) is 0 Å². The van der Waals surface area contributed by atoms with E-state index in [1.165, 1.54) is 31.7 Å². The molecule has 3 rings (SSSR count). The Kier molecular flexibility index (Phi) is 8.81. The second-order valence-electron chi connectivity index (χ2n) is 9.73. The highest BCUT2D eigenvalue weighted by molar-refractivity contribution is 7.81. The highest BCUT2D eigenvalue weighted by Crippen LogP contribution is 2.66. The van der Waals surface area contributed by atoms with Crippen molar-refractivity contribution in [2.24, 2.45) is 4.74 Å². The molecule has 1 aromatic rings. The Hall–Kier alpha value is -0.950. The van der Waals surface area contributed by atoms with Gasteiger partial charge in [-0.15, -0.1) is 0 Å². The smallest absolute Gasteiger partial charge is 0.198 e. The summed E-state index contributed by atoms with van der Waals surface area (Å²) in [6.07, 6.45) is 9.34. The molecule has 2 aliphatic rings. The van der Waals surface area contributed by atoms with E-state index in [-0.39, 0.29) is 16.0 Å². The highest BCUT2D eigenvalue weighted by atomic mass is 32.1. The molecular weight excluding hydrogens is 452 g/mol. The molecule has 1 aromatic carbocycles. The van der Waals surface area contributed by atoms with Gasteiger partial charge in [0.05, 0.1) is 5.69 Å². The van der Waals surface area contributed by atoms with Crippen LogP contribution in [0, 0.1) is 17.5 Å². The van der Waals surface area contributed by atoms with Gasteiger partial charge in [0.1, 0.15) is 7.36 Å². The van der Waals surface area contributed by atoms with Crippen molar-refractivity contribution in [1.82, 2.24) is 9.34 Å². The third-order valence-electron chi connectivity index (χ3n) is 6.36. The topological polar surface area (TPSA) is 30.9 Å². The molecule has 0 aromatic heterocycles. The van der Waals surface area contributed by atoms with E-state index in [0.717, 1.165) is 57.9 Å². The first-order valence-corrected chi connectivity index (χ1v) is 13.8. The van der Waals surface area contributed by atoms with Crippen molar-refractivity contribution in [2.45, 2.75) is 77.3 Å². The van der Waals surface area contributed by atoms with Crippen LogP contribution < -0.4 is 5.32 Å². The van der Waals surface area contributed by atoms with Crippen molar-refractivity contribution in [1.29, 1.82) is 0 Å². The van der Waals surface area contributed by atoms with Gasteiger partial charge in [-0.05, 0) is 50.0 Å². The second kappa shape index (κ2) is 11.0. The molecule has 2 saturated heterocycles. The maximum Gasteiger partial charge on any atom is 0.198 e. The van der Waals surface area contributed by atoms with E-state index < -0.39 is 24.8 Å². The summed E-state index contributed by atoms with van der Waals surface area (Å²) in [5.41, 5.74) is -0.184. The van der Waals surface area contributed by atoms with Crippen LogP contribution in [-0.4, -0.2) is 45.8 Å². The van der Waals surface area contributed by atoms with Gasteiger partial charge in [-0.3, -0.25) is 9.34 Å². The first-order valence-electron chi connectivity index (χ1n) is 11.7. The number of halogens is 3. The van der Waals surface area contributed by atoms with E-state index in [1.54, 1.807) is 0 Å². The minimum absolute atomic E-state index is 0.131. The van der Waals surface area contributed by atoms with Crippen LogP contribution >= 0.6 is 19.6 Å². The molecule has 0 bridgehead atoms. The molecule has 180 valence electrons. The van der Waals surface area contributed by atoms with Crippen molar-refractivity contribution < 1.29 is 13.2 Å². The molecule has 0 spiro atoms. The average molecular weight is 489 g/mol. The molecule has 0 atom stereocenters. The molecule has 9 heteroatoms. The van der Waals surface area contributed by atoms with Gasteiger partial charge in [0, 0.05) is 31.3 Å². The maximum absolute atomic E-state index is 14.3. The summed E-state index contributed by atoms with van der Waals surface area (Å²) in [5, 5.41) is 2.72. The SMILES string of the molecule is CC(C)(C)P(=NC(=S)Nc1ccc(F)c(F)c1F)(N1CCCCCC1)N1CCCCCC1. The average Bonchev–Trinajstić information content (AvgIpc) is 3.17. The fourth-order valence-electron chi connectivity index (χ4n) is 4.86. The van der Waals surface area contributed by atoms with Crippen molar-refractivity contribution >= 4 is 30.4 Å². The van der Waals surface area contributed by atoms with Gasteiger partial charge in [0.2, 0.25) is 0 Å². The monoisotopic (exact) mass is 488 g/mol. The van der Waals surface area contributed by atoms with Crippen LogP contribution in [0.25, 0.3) is 0 Å². The summed E-state index contributed by atoms with van der Waals surface area (Å²) >= 11 is 5.61. The molecule has 4 nitrogen and oxygen atoms in total. The van der Waals surface area contributed by atoms with Crippen molar-refractivity contribution in [3.8, 4) is 0 Å². The van der Waals surface area contributed by atoms with Gasteiger partial charge in [-0.25, -0.2) is 17.9 Å². The van der Waals surface area contributed by atoms with Crippen LogP contribution in [0.3, 0.4) is 0 Å². The molecule has 0 unspecified atom stereocenters. The molecule has 0 amide bonds. The number of nitrogens with zero attached hydrogens (tertiary/aromatic N) is 3. The largest absolute Gasteiger partial charge is 0.328 e. The Bertz CT molecular complexity index is 832. The van der Waals surface area contributed by atoms with Crippen LogP contribution in [0.5, 0.6) is 0 Å². The Morgan fingerprint density at radius 2 is 1.31 bits per heavy atom. The van der Waals surface area contributed by atoms with Crippen LogP contribution in [0.2, 0.25) is 0 Å². The Morgan fingerprint density at radius 1 is 0.844 bits per heavy atom. The summed E-state index contributed by atoms with van der Waals surface area (Å²) in [7, 11) is -2.32. The minimum Gasteiger partial charge on any atom is -0.328 e. The maximum atomic E-state index is 14.3. The van der Waals surface area contributed by atoms with E-state index in [2.05, 4.69) is 35.4 Å². The van der Waals surface area contributed by atoms with Crippen LogP contribution in [0.4, 0.5) is 18.9 Å². The Morgan fingerprint density at radius 3 is 1.75 bits per heavy atom. The molecule has 0 aliphatic carbocycles. The number of anilines is 1. The lowest BCUT2D eigenvalue weighted by Gasteiger charge is -2.50. The van der Waals surface area contributed by atoms with E-state index >= 15 is 0 Å². The molecule has 2 aliphatic heterocycles. The first kappa shape index (κ1) is 25.7. The normalized spacial score (nSPS) is 19.8. The lowest BCUT2D eigenvalue weighted by Crippen LogP contribution is -2.42. The van der Waals surface area contributed by atoms with Crippen molar-refractivity contribution in [3.63, 3.8) is 0 Å². The highest BCUT2D eigenvalue weighted by Gasteiger charge is 2.44. The van der Waals surface area contributed by atoms with Gasteiger partial charge in [0.15, 0.2) is 22.6 Å². The number of thiocarbonyl (C=S) groups is 1. The Labute approximate surface area is 196 Å². The van der Waals surface area contributed by atoms with Gasteiger partial charge < -0.3 is 5.32 Å². The fraction of sp³-hybridized carbons (Fsp3) is 0.696. The summed E-state index contributed by atoms with van der Waals surface area (Å²) in [6.45, 7) is 10.5. The number of hydrogen-bond acceptors (Lipinski definition) is 1. The van der Waals surface area contributed by atoms with Gasteiger partial charge >= 0.3 is 0 Å². The zero-order valence-corrected chi connectivity index (χ0v) is 21.2. The molecule has 2 heterocycles. The Balaban J connectivity index is 2.07. The van der Waals surface area contributed by atoms with Crippen LogP contribution in [0.15, 0.2) is 16.9 Å². The van der Waals surface area contributed by atoms with Crippen molar-refractivity contribution in [2.75, 3.05) is 31.5 Å². The number of nitrogens with one attached hydrogen (secondary N) is 1. The zero-order chi connectivity index (χ0) is 23.4. The third-order valence-corrected chi connectivity index (χ3v) is 11.3. The number of rotatable bonds is 3. The first-order chi connectivity index (χ1) is 15.2. The van der Waals surface area contributed by atoms with E-state index in [0.29, 0.717) is 0 Å². The zero-order valence-electron chi connectivity index (χ0n) is 19.5. The lowest BCUT2D eigenvalue weighted by molar-refractivity contribution is 0.368. The summed E-state index contributed by atoms with van der Waals surface area (Å²) in [6, 6.07) is 2.07. The fourth-order valence-corrected chi connectivity index (χ4v) is 9.90. The van der Waals surface area contributed by atoms with Gasteiger partial charge in [-0.1, -0.05) is 46.5 Å². The predicted octanol–water partition coefficient (Wildman–Crippen LogP) is 7.38. The third kappa shape index (κ3) is 5.57. The molecule has 0 saturated carbocycles. The summed E-state index contributed by atoms with van der Waals surface area (Å²) in [5.74, 6) is -4.00. The van der Waals surface area contributed by atoms with E-state index in [9.17, 15) is 13.2 Å². The van der Waals surface area contributed by atoms with Gasteiger partial charge in [0.25, 0.3) is 0 Å². The molecular formula is C23H36F3N4PS. The molecule has 2 fully saturated rings. The standard InChI is InChI=1S/C23H36F3N4PS/c1-23(2,3)31(29-14-8-4-5-9-15-29,30-16-10-6-7-11-17-30)28-22(32)27-19-13-12-18(24)20(25)21(19)26/h12-13H,4-11,14-17H2,1-3H3,(H,27,32). The summed E-state index contributed by atoms with van der Waals surface area (Å²) < 4.78 is 51.8. The van der Waals surface area contributed by atoms with Crippen molar-refractivity contribution in [3.05, 3.63) is 29.6 Å². The second-order valence-corrected chi connectivity index (χ2v) is 13.9. The van der Waals surface area contributed by atoms with E-state index in [4.69, 9.17) is 17.0 Å². The predicted molar refractivity (Wildman–Crippen MR) is 132 cm³/mol. The quantitative estimate of drug-likeness (QED) is 0.273. The van der Waals surface area contributed by atoms with E-state index in [1.807, 2.05) is 0 Å². The molecule has 32 heavy (non-hydrogen) atoms. The molecule has 1 N–H and O–H groups in total. The molecule has 0 radical (unpaired) electrons. The van der Waals surface area contributed by atoms with Crippen LogP contribution in [-0.2, 0) is 0 Å². The lowest BCUT2D eigenvalue weighted by atomic mass is 10.2. The summed E-state index contributed by atoms with van der Waals surface area (Å²) in [4.78, 5) is 0. The van der Waals surface area contributed by atoms with Crippen LogP contribution in [0.1, 0.15) is 72.1 Å². The minimum atomic E-state index is -2.32. The number of hydrogen-bond donors (Lipinski definition) is 1. The number of benzene rings is 1.